The fourth-order valence-corrected chi connectivity index (χ4v) is 2.39. The summed E-state index contributed by atoms with van der Waals surface area (Å²) in [5, 5.41) is 2.93. The molecule has 1 aromatic heterocycles. The van der Waals surface area contributed by atoms with Gasteiger partial charge < -0.3 is 10.1 Å². The van der Waals surface area contributed by atoms with Gasteiger partial charge in [0.25, 0.3) is 0 Å². The molecular weight excluding hydrogens is 290 g/mol. The number of anilines is 1. The van der Waals surface area contributed by atoms with Gasteiger partial charge in [-0.3, -0.25) is 4.79 Å². The molecule has 1 aromatic carbocycles. The first-order chi connectivity index (χ1) is 11.0. The normalized spacial score (nSPS) is 10.7. The molecule has 0 fully saturated rings. The number of aryl methyl sites for hydroxylation is 2. The molecule has 0 saturated carbocycles. The summed E-state index contributed by atoms with van der Waals surface area (Å²) in [6.45, 7) is 7.83. The summed E-state index contributed by atoms with van der Waals surface area (Å²) in [7, 11) is 0. The molecule has 0 bridgehead atoms. The Morgan fingerprint density at radius 2 is 1.78 bits per heavy atom. The topological polar surface area (TPSA) is 64.1 Å². The SMILES string of the molecule is CCC(CC)C(=O)Nc1cccc(Oc2nc(C)cc(C)n2)c1. The van der Waals surface area contributed by atoms with Gasteiger partial charge >= 0.3 is 6.01 Å². The molecule has 0 aliphatic rings. The van der Waals surface area contributed by atoms with E-state index in [4.69, 9.17) is 4.74 Å². The largest absolute Gasteiger partial charge is 0.424 e. The molecule has 0 unspecified atom stereocenters. The van der Waals surface area contributed by atoms with Crippen molar-refractivity contribution in [3.63, 3.8) is 0 Å². The average Bonchev–Trinajstić information content (AvgIpc) is 2.47. The second-order valence-electron chi connectivity index (χ2n) is 5.57. The number of carbonyl (C=O) groups excluding carboxylic acids is 1. The molecule has 0 aliphatic carbocycles. The fourth-order valence-electron chi connectivity index (χ4n) is 2.39. The monoisotopic (exact) mass is 313 g/mol. The summed E-state index contributed by atoms with van der Waals surface area (Å²) in [6, 6.07) is 9.47. The predicted molar refractivity (Wildman–Crippen MR) is 90.7 cm³/mol. The Kier molecular flexibility index (Phi) is 5.68. The van der Waals surface area contributed by atoms with Crippen LogP contribution in [0.15, 0.2) is 30.3 Å². The van der Waals surface area contributed by atoms with Crippen molar-refractivity contribution in [2.24, 2.45) is 5.92 Å². The van der Waals surface area contributed by atoms with E-state index < -0.39 is 0 Å². The lowest BCUT2D eigenvalue weighted by atomic mass is 10.0. The van der Waals surface area contributed by atoms with Crippen LogP contribution in [0.1, 0.15) is 38.1 Å². The molecule has 0 spiro atoms. The number of hydrogen-bond donors (Lipinski definition) is 1. The van der Waals surface area contributed by atoms with Crippen LogP contribution in [-0.4, -0.2) is 15.9 Å². The highest BCUT2D eigenvalue weighted by Crippen LogP contribution is 2.23. The first-order valence-electron chi connectivity index (χ1n) is 7.92. The van der Waals surface area contributed by atoms with Crippen molar-refractivity contribution in [3.8, 4) is 11.8 Å². The molecule has 2 aromatic rings. The Labute approximate surface area is 137 Å². The maximum Gasteiger partial charge on any atom is 0.322 e. The quantitative estimate of drug-likeness (QED) is 0.865. The van der Waals surface area contributed by atoms with E-state index in [1.54, 1.807) is 6.07 Å². The molecule has 5 nitrogen and oxygen atoms in total. The highest BCUT2D eigenvalue weighted by Gasteiger charge is 2.14. The van der Waals surface area contributed by atoms with Crippen LogP contribution >= 0.6 is 0 Å². The van der Waals surface area contributed by atoms with Gasteiger partial charge in [0.2, 0.25) is 5.91 Å². The maximum atomic E-state index is 12.2. The van der Waals surface area contributed by atoms with Crippen LogP contribution in [0.3, 0.4) is 0 Å². The summed E-state index contributed by atoms with van der Waals surface area (Å²) < 4.78 is 5.70. The minimum atomic E-state index is 0.0299. The van der Waals surface area contributed by atoms with Gasteiger partial charge in [0, 0.05) is 29.1 Å². The molecule has 1 heterocycles. The van der Waals surface area contributed by atoms with Crippen LogP contribution in [0.2, 0.25) is 0 Å². The van der Waals surface area contributed by atoms with E-state index in [2.05, 4.69) is 15.3 Å². The lowest BCUT2D eigenvalue weighted by Crippen LogP contribution is -2.21. The van der Waals surface area contributed by atoms with Gasteiger partial charge in [0.05, 0.1) is 0 Å². The zero-order chi connectivity index (χ0) is 16.8. The molecule has 122 valence electrons. The minimum Gasteiger partial charge on any atom is -0.424 e. The van der Waals surface area contributed by atoms with Crippen LogP contribution in [0.25, 0.3) is 0 Å². The molecule has 2 rings (SSSR count). The van der Waals surface area contributed by atoms with Crippen molar-refractivity contribution in [3.05, 3.63) is 41.7 Å². The third-order valence-electron chi connectivity index (χ3n) is 3.63. The van der Waals surface area contributed by atoms with E-state index in [-0.39, 0.29) is 11.8 Å². The lowest BCUT2D eigenvalue weighted by molar-refractivity contribution is -0.120. The maximum absolute atomic E-state index is 12.2. The molecule has 5 heteroatoms. The van der Waals surface area contributed by atoms with Crippen molar-refractivity contribution < 1.29 is 9.53 Å². The van der Waals surface area contributed by atoms with Crippen molar-refractivity contribution in [2.45, 2.75) is 40.5 Å². The summed E-state index contributed by atoms with van der Waals surface area (Å²) in [5.41, 5.74) is 2.42. The fraction of sp³-hybridized carbons (Fsp3) is 0.389. The van der Waals surface area contributed by atoms with Gasteiger partial charge in [-0.1, -0.05) is 19.9 Å². The number of aromatic nitrogens is 2. The first kappa shape index (κ1) is 16.9. The Bertz CT molecular complexity index is 661. The van der Waals surface area contributed by atoms with Gasteiger partial charge in [0.1, 0.15) is 5.75 Å². The average molecular weight is 313 g/mol. The van der Waals surface area contributed by atoms with E-state index >= 15 is 0 Å². The number of nitrogens with one attached hydrogen (secondary N) is 1. The summed E-state index contributed by atoms with van der Waals surface area (Å²) in [5.74, 6) is 0.662. The van der Waals surface area contributed by atoms with Gasteiger partial charge in [0.15, 0.2) is 0 Å². The van der Waals surface area contributed by atoms with E-state index in [1.807, 2.05) is 52.0 Å². The number of amides is 1. The van der Waals surface area contributed by atoms with Crippen LogP contribution < -0.4 is 10.1 Å². The van der Waals surface area contributed by atoms with Crippen molar-refractivity contribution in [2.75, 3.05) is 5.32 Å². The van der Waals surface area contributed by atoms with E-state index in [9.17, 15) is 4.79 Å². The minimum absolute atomic E-state index is 0.0299. The Hall–Kier alpha value is -2.43. The molecule has 0 atom stereocenters. The second kappa shape index (κ2) is 7.72. The number of rotatable bonds is 6. The molecule has 0 radical (unpaired) electrons. The zero-order valence-corrected chi connectivity index (χ0v) is 14.1. The third-order valence-corrected chi connectivity index (χ3v) is 3.63. The van der Waals surface area contributed by atoms with E-state index in [0.29, 0.717) is 17.4 Å². The van der Waals surface area contributed by atoms with Crippen LogP contribution in [-0.2, 0) is 4.79 Å². The summed E-state index contributed by atoms with van der Waals surface area (Å²) in [6.07, 6.45) is 1.66. The first-order valence-corrected chi connectivity index (χ1v) is 7.92. The highest BCUT2D eigenvalue weighted by molar-refractivity contribution is 5.92. The predicted octanol–water partition coefficient (Wildman–Crippen LogP) is 4.26. The molecule has 0 saturated heterocycles. The van der Waals surface area contributed by atoms with Crippen molar-refractivity contribution in [1.29, 1.82) is 0 Å². The molecule has 0 aliphatic heterocycles. The Balaban J connectivity index is 2.12. The van der Waals surface area contributed by atoms with Gasteiger partial charge in [-0.15, -0.1) is 0 Å². The Morgan fingerprint density at radius 1 is 1.13 bits per heavy atom. The zero-order valence-electron chi connectivity index (χ0n) is 14.1. The number of nitrogens with zero attached hydrogens (tertiary/aromatic N) is 2. The number of benzene rings is 1. The number of ether oxygens (including phenoxy) is 1. The van der Waals surface area contributed by atoms with Gasteiger partial charge in [-0.2, -0.15) is 0 Å². The standard InChI is InChI=1S/C18H23N3O2/c1-5-14(6-2)17(22)21-15-8-7-9-16(11-15)23-18-19-12(3)10-13(4)20-18/h7-11,14H,5-6H2,1-4H3,(H,21,22). The van der Waals surface area contributed by atoms with Crippen LogP contribution in [0.5, 0.6) is 11.8 Å². The van der Waals surface area contributed by atoms with E-state index in [1.165, 1.54) is 0 Å². The van der Waals surface area contributed by atoms with Crippen molar-refractivity contribution in [1.82, 2.24) is 9.97 Å². The molecule has 1 amide bonds. The summed E-state index contributed by atoms with van der Waals surface area (Å²) in [4.78, 5) is 20.7. The lowest BCUT2D eigenvalue weighted by Gasteiger charge is -2.13. The smallest absolute Gasteiger partial charge is 0.322 e. The van der Waals surface area contributed by atoms with E-state index in [0.717, 1.165) is 24.2 Å². The third kappa shape index (κ3) is 4.77. The number of hydrogen-bond acceptors (Lipinski definition) is 4. The number of carbonyl (C=O) groups is 1. The molecular formula is C18H23N3O2. The molecule has 23 heavy (non-hydrogen) atoms. The van der Waals surface area contributed by atoms with Crippen LogP contribution in [0.4, 0.5) is 5.69 Å². The second-order valence-corrected chi connectivity index (χ2v) is 5.57. The highest BCUT2D eigenvalue weighted by atomic mass is 16.5. The Morgan fingerprint density at radius 3 is 2.39 bits per heavy atom. The van der Waals surface area contributed by atoms with Crippen LogP contribution in [0, 0.1) is 19.8 Å². The molecule has 1 N–H and O–H groups in total. The summed E-state index contributed by atoms with van der Waals surface area (Å²) >= 11 is 0. The van der Waals surface area contributed by atoms with Gasteiger partial charge in [-0.25, -0.2) is 9.97 Å². The van der Waals surface area contributed by atoms with Gasteiger partial charge in [-0.05, 0) is 44.9 Å². The van der Waals surface area contributed by atoms with Crippen molar-refractivity contribution >= 4 is 11.6 Å².